The number of fused-ring (bicyclic) bond motifs is 1. The molecule has 0 saturated heterocycles. The maximum Gasteiger partial charge on any atom is 0.303 e. The number of carboxylic acids is 1. The number of nitrogens with one attached hydrogen (secondary N) is 1. The summed E-state index contributed by atoms with van der Waals surface area (Å²) in [4.78, 5) is 24.7. The first-order valence-corrected chi connectivity index (χ1v) is 11.6. The summed E-state index contributed by atoms with van der Waals surface area (Å²) in [6.45, 7) is 0.247. The van der Waals surface area contributed by atoms with Crippen LogP contribution < -0.4 is 4.72 Å². The number of rotatable bonds is 8. The van der Waals surface area contributed by atoms with Gasteiger partial charge in [0, 0.05) is 22.9 Å². The predicted octanol–water partition coefficient (Wildman–Crippen LogP) is 3.85. The summed E-state index contributed by atoms with van der Waals surface area (Å²) < 4.78 is 27.7. The van der Waals surface area contributed by atoms with Crippen LogP contribution in [0.15, 0.2) is 35.2 Å². The lowest BCUT2D eigenvalue weighted by Crippen LogP contribution is -2.29. The molecule has 1 aromatic carbocycles. The molecule has 0 spiro atoms. The molecular weight excluding hydrogens is 422 g/mol. The molecule has 3 rings (SSSR count). The van der Waals surface area contributed by atoms with E-state index in [2.05, 4.69) is 4.72 Å². The summed E-state index contributed by atoms with van der Waals surface area (Å²) in [6.07, 6.45) is 2.39. The Hall–Kier alpha value is -1.74. The van der Waals surface area contributed by atoms with Crippen LogP contribution in [0.3, 0.4) is 0 Å². The van der Waals surface area contributed by atoms with Gasteiger partial charge in [-0.1, -0.05) is 11.6 Å². The van der Waals surface area contributed by atoms with Crippen molar-refractivity contribution in [2.75, 3.05) is 6.54 Å². The topological polar surface area (TPSA) is 101 Å². The minimum atomic E-state index is -3.64. The number of ketones is 1. The molecule has 0 fully saturated rings. The number of carbonyl (C=O) groups is 2. The molecule has 0 amide bonds. The fraction of sp³-hybridized carbons (Fsp3) is 0.368. The van der Waals surface area contributed by atoms with Gasteiger partial charge in [0.25, 0.3) is 0 Å². The zero-order valence-corrected chi connectivity index (χ0v) is 17.4. The van der Waals surface area contributed by atoms with Crippen molar-refractivity contribution < 1.29 is 23.1 Å². The monoisotopic (exact) mass is 441 g/mol. The number of hydrogen-bond donors (Lipinski definition) is 2. The van der Waals surface area contributed by atoms with Gasteiger partial charge in [-0.15, -0.1) is 11.3 Å². The van der Waals surface area contributed by atoms with Crippen LogP contribution in [0.5, 0.6) is 0 Å². The number of carboxylic acid groups (broad SMARTS) is 1. The van der Waals surface area contributed by atoms with Crippen molar-refractivity contribution in [3.05, 3.63) is 50.7 Å². The Balaban J connectivity index is 1.71. The fourth-order valence-corrected chi connectivity index (χ4v) is 5.71. The van der Waals surface area contributed by atoms with Crippen LogP contribution in [0.4, 0.5) is 0 Å². The molecule has 1 aromatic heterocycles. The fourth-order valence-electron chi connectivity index (χ4n) is 3.25. The number of aliphatic carboxylic acids is 1. The Bertz CT molecular complexity index is 982. The second-order valence-electron chi connectivity index (χ2n) is 6.70. The van der Waals surface area contributed by atoms with Gasteiger partial charge >= 0.3 is 5.97 Å². The Labute approximate surface area is 172 Å². The first-order valence-electron chi connectivity index (χ1n) is 8.89. The summed E-state index contributed by atoms with van der Waals surface area (Å²) in [5, 5.41) is 9.21. The van der Waals surface area contributed by atoms with E-state index in [0.717, 1.165) is 29.7 Å². The van der Waals surface area contributed by atoms with Crippen LogP contribution in [0, 0.1) is 0 Å². The molecule has 6 nitrogen and oxygen atoms in total. The van der Waals surface area contributed by atoms with Gasteiger partial charge in [-0.05, 0) is 61.1 Å². The van der Waals surface area contributed by atoms with Crippen LogP contribution in [0.2, 0.25) is 5.02 Å². The zero-order chi connectivity index (χ0) is 20.3. The van der Waals surface area contributed by atoms with Crippen LogP contribution in [-0.2, 0) is 21.2 Å². The van der Waals surface area contributed by atoms with Crippen molar-refractivity contribution in [1.29, 1.82) is 0 Å². The van der Waals surface area contributed by atoms with Crippen molar-refractivity contribution in [3.8, 4) is 0 Å². The highest BCUT2D eigenvalue weighted by molar-refractivity contribution is 7.89. The van der Waals surface area contributed by atoms with Gasteiger partial charge in [0.1, 0.15) is 0 Å². The zero-order valence-electron chi connectivity index (χ0n) is 15.0. The normalized spacial score (nSPS) is 16.5. The molecule has 2 N–H and O–H groups in total. The molecule has 150 valence electrons. The maximum atomic E-state index is 12.5. The van der Waals surface area contributed by atoms with Gasteiger partial charge in [0.2, 0.25) is 10.0 Å². The number of sulfonamides is 1. The summed E-state index contributed by atoms with van der Waals surface area (Å²) in [7, 11) is -3.64. The molecule has 1 aliphatic rings. The Morgan fingerprint density at radius 2 is 1.93 bits per heavy atom. The van der Waals surface area contributed by atoms with Gasteiger partial charge in [0.15, 0.2) is 5.78 Å². The highest BCUT2D eigenvalue weighted by atomic mass is 35.5. The molecule has 0 bridgehead atoms. The smallest absolute Gasteiger partial charge is 0.303 e. The summed E-state index contributed by atoms with van der Waals surface area (Å²) in [5.41, 5.74) is 0.994. The van der Waals surface area contributed by atoms with E-state index in [0.29, 0.717) is 9.90 Å². The number of benzene rings is 1. The lowest BCUT2D eigenvalue weighted by molar-refractivity contribution is -0.136. The van der Waals surface area contributed by atoms with Gasteiger partial charge in [0.05, 0.1) is 16.2 Å². The molecule has 2 aromatic rings. The molecule has 1 unspecified atom stereocenters. The van der Waals surface area contributed by atoms with Gasteiger partial charge in [-0.25, -0.2) is 13.1 Å². The number of Topliss-reactive ketones (excluding diaryl/α,β-unsaturated/α-hetero) is 1. The number of aryl methyl sites for hydroxylation is 1. The van der Waals surface area contributed by atoms with E-state index in [-0.39, 0.29) is 36.0 Å². The van der Waals surface area contributed by atoms with Crippen LogP contribution in [0.1, 0.15) is 51.7 Å². The van der Waals surface area contributed by atoms with E-state index in [1.807, 2.05) is 6.07 Å². The maximum absolute atomic E-state index is 12.5. The SMILES string of the molecule is O=C(O)CCC(=O)c1cc2c(s1)CCCC2CNS(=O)(=O)c1ccc(Cl)cc1. The predicted molar refractivity (Wildman–Crippen MR) is 108 cm³/mol. The highest BCUT2D eigenvalue weighted by Crippen LogP contribution is 2.37. The van der Waals surface area contributed by atoms with Crippen molar-refractivity contribution in [3.63, 3.8) is 0 Å². The first kappa shape index (κ1) is 21.0. The average Bonchev–Trinajstić information content (AvgIpc) is 3.09. The molecule has 1 atom stereocenters. The number of halogens is 1. The summed E-state index contributed by atoms with van der Waals surface area (Å²) >= 11 is 7.21. The molecule has 0 radical (unpaired) electrons. The van der Waals surface area contributed by atoms with E-state index >= 15 is 0 Å². The molecule has 28 heavy (non-hydrogen) atoms. The van der Waals surface area contributed by atoms with E-state index in [1.54, 1.807) is 0 Å². The molecule has 1 heterocycles. The van der Waals surface area contributed by atoms with Gasteiger partial charge < -0.3 is 5.11 Å². The van der Waals surface area contributed by atoms with Crippen molar-refractivity contribution in [2.45, 2.75) is 42.9 Å². The quantitative estimate of drug-likeness (QED) is 0.606. The molecular formula is C19H20ClNO5S2. The largest absolute Gasteiger partial charge is 0.481 e. The van der Waals surface area contributed by atoms with Crippen LogP contribution in [0.25, 0.3) is 0 Å². The van der Waals surface area contributed by atoms with Crippen molar-refractivity contribution in [1.82, 2.24) is 4.72 Å². The third-order valence-electron chi connectivity index (χ3n) is 4.72. The third-order valence-corrected chi connectivity index (χ3v) is 7.67. The van der Waals surface area contributed by atoms with Crippen LogP contribution >= 0.6 is 22.9 Å². The standard InChI is InChI=1S/C19H20ClNO5S2/c20-13-4-6-14(7-5-13)28(25,26)21-11-12-2-1-3-17-15(12)10-18(27-17)16(22)8-9-19(23)24/h4-7,10,12,21H,1-3,8-9,11H2,(H,23,24). The number of hydrogen-bond acceptors (Lipinski definition) is 5. The Morgan fingerprint density at radius 1 is 1.21 bits per heavy atom. The minimum Gasteiger partial charge on any atom is -0.481 e. The lowest BCUT2D eigenvalue weighted by atomic mass is 9.87. The Kier molecular flexibility index (Phi) is 6.54. The molecule has 1 aliphatic carbocycles. The summed E-state index contributed by atoms with van der Waals surface area (Å²) in [6, 6.07) is 7.79. The highest BCUT2D eigenvalue weighted by Gasteiger charge is 2.26. The molecule has 0 aliphatic heterocycles. The van der Waals surface area contributed by atoms with Crippen LogP contribution in [-0.4, -0.2) is 31.8 Å². The van der Waals surface area contributed by atoms with Crippen molar-refractivity contribution >= 4 is 44.7 Å². The number of carbonyl (C=O) groups excluding carboxylic acids is 1. The second-order valence-corrected chi connectivity index (χ2v) is 10.0. The average molecular weight is 442 g/mol. The second kappa shape index (κ2) is 8.73. The number of thiophene rings is 1. The Morgan fingerprint density at radius 3 is 2.61 bits per heavy atom. The molecule has 9 heteroatoms. The van der Waals surface area contributed by atoms with E-state index in [9.17, 15) is 18.0 Å². The third kappa shape index (κ3) is 5.00. The summed E-state index contributed by atoms with van der Waals surface area (Å²) in [5.74, 6) is -1.19. The van der Waals surface area contributed by atoms with Gasteiger partial charge in [-0.3, -0.25) is 9.59 Å². The van der Waals surface area contributed by atoms with E-state index in [1.165, 1.54) is 35.6 Å². The van der Waals surface area contributed by atoms with Crippen molar-refractivity contribution in [2.24, 2.45) is 0 Å². The first-order chi connectivity index (χ1) is 13.3. The minimum absolute atomic E-state index is 0.0110. The lowest BCUT2D eigenvalue weighted by Gasteiger charge is -2.22. The van der Waals surface area contributed by atoms with Gasteiger partial charge in [-0.2, -0.15) is 0 Å². The van der Waals surface area contributed by atoms with E-state index < -0.39 is 16.0 Å². The molecule has 0 saturated carbocycles. The van der Waals surface area contributed by atoms with E-state index in [4.69, 9.17) is 16.7 Å².